The number of carbonyl (C=O) groups is 2. The highest BCUT2D eigenvalue weighted by Crippen LogP contribution is 2.31. The Hall–Kier alpha value is -3.13. The summed E-state index contributed by atoms with van der Waals surface area (Å²) in [7, 11) is 1.85. The summed E-state index contributed by atoms with van der Waals surface area (Å²) in [6, 6.07) is 10.6. The summed E-state index contributed by atoms with van der Waals surface area (Å²) >= 11 is 1.39. The number of nitrogens with zero attached hydrogens (tertiary/aromatic N) is 2. The van der Waals surface area contributed by atoms with Gasteiger partial charge in [-0.2, -0.15) is 4.99 Å². The van der Waals surface area contributed by atoms with Crippen LogP contribution in [0.1, 0.15) is 17.3 Å². The second kappa shape index (κ2) is 6.88. The minimum absolute atomic E-state index is 0.131. The molecule has 2 heterocycles. The van der Waals surface area contributed by atoms with Crippen molar-refractivity contribution < 1.29 is 19.1 Å². The molecule has 8 heteroatoms. The topological polar surface area (TPSA) is 81.9 Å². The Kier molecular flexibility index (Phi) is 4.41. The number of ether oxygens (including phenoxy) is 2. The number of hydrogen-bond donors (Lipinski definition) is 1. The predicted molar refractivity (Wildman–Crippen MR) is 102 cm³/mol. The lowest BCUT2D eigenvalue weighted by Crippen LogP contribution is -2.16. The van der Waals surface area contributed by atoms with Crippen LogP contribution in [0.25, 0.3) is 10.2 Å². The molecule has 0 aliphatic carbocycles. The molecule has 0 bridgehead atoms. The summed E-state index contributed by atoms with van der Waals surface area (Å²) < 4.78 is 13.8. The fourth-order valence-electron chi connectivity index (χ4n) is 2.85. The Balaban J connectivity index is 1.70. The van der Waals surface area contributed by atoms with E-state index in [-0.39, 0.29) is 11.8 Å². The molecule has 0 fully saturated rings. The van der Waals surface area contributed by atoms with Crippen LogP contribution in [0.2, 0.25) is 0 Å². The van der Waals surface area contributed by atoms with Crippen molar-refractivity contribution >= 4 is 39.1 Å². The molecule has 1 N–H and O–H groups in total. The minimum atomic E-state index is -0.351. The summed E-state index contributed by atoms with van der Waals surface area (Å²) in [5.74, 6) is 0.712. The van der Waals surface area contributed by atoms with E-state index >= 15 is 0 Å². The van der Waals surface area contributed by atoms with Gasteiger partial charge in [-0.1, -0.05) is 11.3 Å². The van der Waals surface area contributed by atoms with Gasteiger partial charge in [0.15, 0.2) is 16.3 Å². The predicted octanol–water partition coefficient (Wildman–Crippen LogP) is 2.71. The average molecular weight is 383 g/mol. The molecule has 7 nitrogen and oxygen atoms in total. The molecule has 27 heavy (non-hydrogen) atoms. The largest absolute Gasteiger partial charge is 0.486 e. The van der Waals surface area contributed by atoms with E-state index in [0.717, 1.165) is 10.2 Å². The smallest absolute Gasteiger partial charge is 0.279 e. The van der Waals surface area contributed by atoms with Crippen LogP contribution < -0.4 is 19.6 Å². The van der Waals surface area contributed by atoms with E-state index in [4.69, 9.17) is 9.47 Å². The van der Waals surface area contributed by atoms with Crippen LogP contribution in [0.4, 0.5) is 5.69 Å². The second-order valence-electron chi connectivity index (χ2n) is 6.08. The van der Waals surface area contributed by atoms with Crippen LogP contribution >= 0.6 is 11.3 Å². The standard InChI is InChI=1S/C19H17N3O4S/c1-11(23)20-13-4-5-14-17(10-13)27-19(22(14)2)21-18(24)12-3-6-15-16(9-12)26-8-7-25-15/h3-6,9-10H,7-8H2,1-2H3,(H,20,23). The number of aryl methyl sites for hydroxylation is 1. The zero-order valence-corrected chi connectivity index (χ0v) is 15.6. The first-order valence-corrected chi connectivity index (χ1v) is 9.19. The molecule has 0 spiro atoms. The van der Waals surface area contributed by atoms with Gasteiger partial charge in [0.2, 0.25) is 5.91 Å². The number of benzene rings is 2. The third-order valence-corrected chi connectivity index (χ3v) is 5.21. The Morgan fingerprint density at radius 2 is 1.89 bits per heavy atom. The molecule has 2 amide bonds. The molecule has 1 aliphatic rings. The van der Waals surface area contributed by atoms with Crippen LogP contribution in [0.3, 0.4) is 0 Å². The van der Waals surface area contributed by atoms with E-state index in [2.05, 4.69) is 10.3 Å². The Labute approximate surface area is 158 Å². The van der Waals surface area contributed by atoms with Gasteiger partial charge >= 0.3 is 0 Å². The molecule has 0 saturated heterocycles. The summed E-state index contributed by atoms with van der Waals surface area (Å²) in [4.78, 5) is 28.7. The van der Waals surface area contributed by atoms with E-state index in [9.17, 15) is 9.59 Å². The second-order valence-corrected chi connectivity index (χ2v) is 7.09. The van der Waals surface area contributed by atoms with Crippen LogP contribution in [0, 0.1) is 0 Å². The molecule has 0 saturated carbocycles. The summed E-state index contributed by atoms with van der Waals surface area (Å²) in [5, 5.41) is 2.76. The van der Waals surface area contributed by atoms with Crippen molar-refractivity contribution in [2.75, 3.05) is 18.5 Å². The number of nitrogens with one attached hydrogen (secondary N) is 1. The molecule has 1 aromatic heterocycles. The molecule has 3 aromatic rings. The fourth-order valence-corrected chi connectivity index (χ4v) is 3.91. The lowest BCUT2D eigenvalue weighted by atomic mass is 10.2. The highest BCUT2D eigenvalue weighted by molar-refractivity contribution is 7.16. The number of anilines is 1. The molecule has 2 aromatic carbocycles. The van der Waals surface area contributed by atoms with Gasteiger partial charge in [-0.25, -0.2) is 0 Å². The molecule has 1 aliphatic heterocycles. The maximum absolute atomic E-state index is 12.6. The third-order valence-electron chi connectivity index (χ3n) is 4.12. The Morgan fingerprint density at radius 1 is 1.11 bits per heavy atom. The quantitative estimate of drug-likeness (QED) is 0.738. The van der Waals surface area contributed by atoms with Crippen molar-refractivity contribution in [2.45, 2.75) is 6.92 Å². The third kappa shape index (κ3) is 3.43. The Morgan fingerprint density at radius 3 is 2.67 bits per heavy atom. The first-order chi connectivity index (χ1) is 13.0. The normalized spacial score (nSPS) is 13.6. The summed E-state index contributed by atoms with van der Waals surface area (Å²) in [6.45, 7) is 2.43. The van der Waals surface area contributed by atoms with Gasteiger partial charge in [-0.05, 0) is 36.4 Å². The zero-order chi connectivity index (χ0) is 19.0. The highest BCUT2D eigenvalue weighted by atomic mass is 32.1. The lowest BCUT2D eigenvalue weighted by Gasteiger charge is -2.18. The van der Waals surface area contributed by atoms with Gasteiger partial charge in [-0.15, -0.1) is 0 Å². The summed E-state index contributed by atoms with van der Waals surface area (Å²) in [5.41, 5.74) is 2.08. The van der Waals surface area contributed by atoms with Crippen LogP contribution in [-0.2, 0) is 11.8 Å². The number of fused-ring (bicyclic) bond motifs is 2. The first kappa shape index (κ1) is 17.3. The number of aromatic nitrogens is 1. The number of hydrogen-bond acceptors (Lipinski definition) is 5. The van der Waals surface area contributed by atoms with Crippen molar-refractivity contribution in [1.29, 1.82) is 0 Å². The van der Waals surface area contributed by atoms with Crippen LogP contribution in [0.15, 0.2) is 41.4 Å². The zero-order valence-electron chi connectivity index (χ0n) is 14.8. The van der Waals surface area contributed by atoms with E-state index in [1.807, 2.05) is 29.8 Å². The molecule has 0 radical (unpaired) electrons. The Bertz CT molecular complexity index is 1130. The molecule has 138 valence electrons. The number of rotatable bonds is 2. The summed E-state index contributed by atoms with van der Waals surface area (Å²) in [6.07, 6.45) is 0. The molecular weight excluding hydrogens is 366 g/mol. The number of carbonyl (C=O) groups excluding carboxylic acids is 2. The maximum atomic E-state index is 12.6. The number of amides is 2. The highest BCUT2D eigenvalue weighted by Gasteiger charge is 2.15. The maximum Gasteiger partial charge on any atom is 0.279 e. The lowest BCUT2D eigenvalue weighted by molar-refractivity contribution is -0.114. The van der Waals surface area contributed by atoms with E-state index in [0.29, 0.717) is 40.8 Å². The van der Waals surface area contributed by atoms with Crippen molar-refractivity contribution in [2.24, 2.45) is 12.0 Å². The van der Waals surface area contributed by atoms with Crippen molar-refractivity contribution in [1.82, 2.24) is 4.57 Å². The molecule has 0 atom stereocenters. The van der Waals surface area contributed by atoms with Gasteiger partial charge < -0.3 is 19.4 Å². The van der Waals surface area contributed by atoms with Crippen LogP contribution in [-0.4, -0.2) is 29.6 Å². The van der Waals surface area contributed by atoms with Crippen LogP contribution in [0.5, 0.6) is 11.5 Å². The van der Waals surface area contributed by atoms with Gasteiger partial charge in [0.1, 0.15) is 13.2 Å². The molecular formula is C19H17N3O4S. The minimum Gasteiger partial charge on any atom is -0.486 e. The van der Waals surface area contributed by atoms with Crippen molar-refractivity contribution in [3.8, 4) is 11.5 Å². The first-order valence-electron chi connectivity index (χ1n) is 8.37. The van der Waals surface area contributed by atoms with E-state index in [1.54, 1.807) is 18.2 Å². The van der Waals surface area contributed by atoms with E-state index < -0.39 is 0 Å². The molecule has 0 unspecified atom stereocenters. The fraction of sp³-hybridized carbons (Fsp3) is 0.211. The van der Waals surface area contributed by atoms with Crippen molar-refractivity contribution in [3.63, 3.8) is 0 Å². The van der Waals surface area contributed by atoms with Gasteiger partial charge in [0, 0.05) is 25.2 Å². The van der Waals surface area contributed by atoms with E-state index in [1.165, 1.54) is 18.3 Å². The van der Waals surface area contributed by atoms with Gasteiger partial charge in [0.25, 0.3) is 5.91 Å². The average Bonchev–Trinajstić information content (AvgIpc) is 2.95. The monoisotopic (exact) mass is 383 g/mol. The van der Waals surface area contributed by atoms with Crippen molar-refractivity contribution in [3.05, 3.63) is 46.8 Å². The SMILES string of the molecule is CC(=O)Nc1ccc2c(c1)sc(=NC(=O)c1ccc3c(c1)OCCO3)n2C. The van der Waals surface area contributed by atoms with Gasteiger partial charge in [-0.3, -0.25) is 9.59 Å². The number of thiazole rings is 1. The molecule has 4 rings (SSSR count). The van der Waals surface area contributed by atoms with Gasteiger partial charge in [0.05, 0.1) is 10.2 Å².